The molecular formula is C12H24N2O2. The number of nitrogens with two attached hydrogens (primary N) is 1. The summed E-state index contributed by atoms with van der Waals surface area (Å²) >= 11 is 0. The van der Waals surface area contributed by atoms with E-state index in [1.165, 1.54) is 12.8 Å². The van der Waals surface area contributed by atoms with Gasteiger partial charge in [0.05, 0.1) is 0 Å². The maximum absolute atomic E-state index is 10.9. The third kappa shape index (κ3) is 3.46. The molecule has 4 heteroatoms. The summed E-state index contributed by atoms with van der Waals surface area (Å²) in [5.41, 5.74) is 4.63. The van der Waals surface area contributed by atoms with Crippen LogP contribution in [0.5, 0.6) is 0 Å². The molecule has 1 aliphatic heterocycles. The summed E-state index contributed by atoms with van der Waals surface area (Å²) < 4.78 is 0. The van der Waals surface area contributed by atoms with Crippen molar-refractivity contribution in [1.82, 2.24) is 4.90 Å². The van der Waals surface area contributed by atoms with Crippen LogP contribution in [-0.2, 0) is 4.79 Å². The number of carboxylic acid groups (broad SMARTS) is 1. The molecule has 1 aliphatic rings. The van der Waals surface area contributed by atoms with Gasteiger partial charge in [0.15, 0.2) is 0 Å². The predicted octanol–water partition coefficient (Wildman–Crippen LogP) is 1.30. The first-order valence-electron chi connectivity index (χ1n) is 6.09. The van der Waals surface area contributed by atoms with Crippen LogP contribution in [0.3, 0.4) is 0 Å². The van der Waals surface area contributed by atoms with E-state index in [9.17, 15) is 4.79 Å². The first kappa shape index (κ1) is 13.5. The molecule has 0 bridgehead atoms. The molecule has 1 fully saturated rings. The first-order chi connectivity index (χ1) is 7.33. The Morgan fingerprint density at radius 3 is 2.69 bits per heavy atom. The zero-order chi connectivity index (χ0) is 12.3. The number of nitrogens with zero attached hydrogens (tertiary/aromatic N) is 1. The average Bonchev–Trinajstić information content (AvgIpc) is 2.16. The number of piperidine rings is 1. The highest BCUT2D eigenvalue weighted by Crippen LogP contribution is 2.22. The van der Waals surface area contributed by atoms with E-state index in [2.05, 4.69) is 18.7 Å². The van der Waals surface area contributed by atoms with Crippen LogP contribution in [0.25, 0.3) is 0 Å². The zero-order valence-electron chi connectivity index (χ0n) is 10.6. The highest BCUT2D eigenvalue weighted by atomic mass is 16.4. The van der Waals surface area contributed by atoms with Gasteiger partial charge >= 0.3 is 5.97 Å². The van der Waals surface area contributed by atoms with Crippen molar-refractivity contribution >= 4 is 5.97 Å². The molecule has 0 radical (unpaired) electrons. The number of rotatable bonds is 4. The van der Waals surface area contributed by atoms with E-state index in [0.29, 0.717) is 12.5 Å². The molecule has 3 unspecified atom stereocenters. The molecule has 0 aliphatic carbocycles. The highest BCUT2D eigenvalue weighted by Gasteiger charge is 2.30. The average molecular weight is 228 g/mol. The Bertz CT molecular complexity index is 253. The minimum atomic E-state index is -1.09. The highest BCUT2D eigenvalue weighted by molar-refractivity contribution is 5.77. The molecule has 4 nitrogen and oxygen atoms in total. The smallest absolute Gasteiger partial charge is 0.323 e. The van der Waals surface area contributed by atoms with E-state index >= 15 is 0 Å². The first-order valence-corrected chi connectivity index (χ1v) is 6.09. The number of likely N-dealkylation sites (tertiary alicyclic amines) is 1. The lowest BCUT2D eigenvalue weighted by molar-refractivity contribution is -0.143. The minimum Gasteiger partial charge on any atom is -0.480 e. The van der Waals surface area contributed by atoms with Crippen LogP contribution < -0.4 is 5.73 Å². The van der Waals surface area contributed by atoms with Crippen molar-refractivity contribution in [2.45, 2.75) is 51.6 Å². The maximum atomic E-state index is 10.9. The molecule has 1 rings (SSSR count). The van der Waals surface area contributed by atoms with E-state index in [-0.39, 0.29) is 0 Å². The van der Waals surface area contributed by atoms with Gasteiger partial charge in [0.1, 0.15) is 5.54 Å². The van der Waals surface area contributed by atoms with E-state index in [4.69, 9.17) is 10.8 Å². The summed E-state index contributed by atoms with van der Waals surface area (Å²) in [5.74, 6) is -0.125. The normalized spacial score (nSPS) is 31.0. The van der Waals surface area contributed by atoms with Gasteiger partial charge in [-0.05, 0) is 45.6 Å². The van der Waals surface area contributed by atoms with Gasteiger partial charge in [-0.25, -0.2) is 0 Å². The van der Waals surface area contributed by atoms with Gasteiger partial charge in [-0.1, -0.05) is 6.92 Å². The lowest BCUT2D eigenvalue weighted by atomic mass is 9.92. The molecule has 1 saturated heterocycles. The summed E-state index contributed by atoms with van der Waals surface area (Å²) in [7, 11) is 0. The van der Waals surface area contributed by atoms with Crippen molar-refractivity contribution < 1.29 is 9.90 Å². The third-order valence-electron chi connectivity index (χ3n) is 3.68. The fraction of sp³-hybridized carbons (Fsp3) is 0.917. The van der Waals surface area contributed by atoms with Crippen molar-refractivity contribution in [3.8, 4) is 0 Å². The summed E-state index contributed by atoms with van der Waals surface area (Å²) in [6, 6.07) is 0.549. The Hall–Kier alpha value is -0.610. The van der Waals surface area contributed by atoms with Gasteiger partial charge in [-0.2, -0.15) is 0 Å². The third-order valence-corrected chi connectivity index (χ3v) is 3.68. The molecule has 3 atom stereocenters. The van der Waals surface area contributed by atoms with Gasteiger partial charge in [-0.15, -0.1) is 0 Å². The van der Waals surface area contributed by atoms with Crippen LogP contribution in [0.4, 0.5) is 0 Å². The summed E-state index contributed by atoms with van der Waals surface area (Å²) in [6.07, 6.45) is 2.92. The van der Waals surface area contributed by atoms with E-state index in [1.54, 1.807) is 6.92 Å². The Morgan fingerprint density at radius 1 is 1.56 bits per heavy atom. The van der Waals surface area contributed by atoms with E-state index in [0.717, 1.165) is 19.0 Å². The standard InChI is InChI=1S/C12H24N2O2/c1-9-4-6-14(10(2)8-9)7-5-12(3,13)11(15)16/h9-10H,4-8,13H2,1-3H3,(H,15,16). The van der Waals surface area contributed by atoms with E-state index in [1.807, 2.05) is 0 Å². The molecule has 3 N–H and O–H groups in total. The van der Waals surface area contributed by atoms with Gasteiger partial charge in [-0.3, -0.25) is 4.79 Å². The Kier molecular flexibility index (Phi) is 4.33. The fourth-order valence-corrected chi connectivity index (χ4v) is 2.27. The number of hydrogen-bond acceptors (Lipinski definition) is 3. The lowest BCUT2D eigenvalue weighted by Crippen LogP contribution is -2.49. The Labute approximate surface area is 97.8 Å². The minimum absolute atomic E-state index is 0.515. The predicted molar refractivity (Wildman–Crippen MR) is 64.3 cm³/mol. The molecule has 0 spiro atoms. The number of aliphatic carboxylic acids is 1. The maximum Gasteiger partial charge on any atom is 0.323 e. The summed E-state index contributed by atoms with van der Waals surface area (Å²) in [6.45, 7) is 7.93. The monoisotopic (exact) mass is 228 g/mol. The number of carboxylic acids is 1. The molecule has 1 heterocycles. The largest absolute Gasteiger partial charge is 0.480 e. The van der Waals surface area contributed by atoms with Crippen LogP contribution in [0.15, 0.2) is 0 Å². The van der Waals surface area contributed by atoms with Gasteiger partial charge in [0.2, 0.25) is 0 Å². The SMILES string of the molecule is CC1CCN(CCC(C)(N)C(=O)O)C(C)C1. The van der Waals surface area contributed by atoms with Crippen molar-refractivity contribution in [2.24, 2.45) is 11.7 Å². The number of carbonyl (C=O) groups is 1. The second-order valence-corrected chi connectivity index (χ2v) is 5.49. The Balaban J connectivity index is 2.41. The lowest BCUT2D eigenvalue weighted by Gasteiger charge is -2.37. The van der Waals surface area contributed by atoms with Crippen LogP contribution >= 0.6 is 0 Å². The quantitative estimate of drug-likeness (QED) is 0.761. The summed E-state index contributed by atoms with van der Waals surface area (Å²) in [4.78, 5) is 13.2. The van der Waals surface area contributed by atoms with Crippen LogP contribution in [0, 0.1) is 5.92 Å². The van der Waals surface area contributed by atoms with Gasteiger partial charge in [0, 0.05) is 12.6 Å². The molecule has 0 aromatic rings. The molecule has 0 amide bonds. The van der Waals surface area contributed by atoms with Crippen molar-refractivity contribution in [2.75, 3.05) is 13.1 Å². The second-order valence-electron chi connectivity index (χ2n) is 5.49. The second kappa shape index (κ2) is 5.15. The van der Waals surface area contributed by atoms with Crippen LogP contribution in [-0.4, -0.2) is 40.6 Å². The molecule has 0 saturated carbocycles. The molecule has 0 aromatic heterocycles. The van der Waals surface area contributed by atoms with E-state index < -0.39 is 11.5 Å². The van der Waals surface area contributed by atoms with Crippen LogP contribution in [0.2, 0.25) is 0 Å². The molecule has 16 heavy (non-hydrogen) atoms. The summed E-state index contributed by atoms with van der Waals surface area (Å²) in [5, 5.41) is 8.94. The van der Waals surface area contributed by atoms with Crippen molar-refractivity contribution in [3.05, 3.63) is 0 Å². The topological polar surface area (TPSA) is 66.6 Å². The van der Waals surface area contributed by atoms with Crippen molar-refractivity contribution in [3.63, 3.8) is 0 Å². The van der Waals surface area contributed by atoms with Gasteiger partial charge < -0.3 is 15.7 Å². The van der Waals surface area contributed by atoms with Crippen molar-refractivity contribution in [1.29, 1.82) is 0 Å². The molecular weight excluding hydrogens is 204 g/mol. The van der Waals surface area contributed by atoms with Gasteiger partial charge in [0.25, 0.3) is 0 Å². The van der Waals surface area contributed by atoms with Crippen LogP contribution in [0.1, 0.15) is 40.0 Å². The fourth-order valence-electron chi connectivity index (χ4n) is 2.27. The molecule has 0 aromatic carbocycles. The Morgan fingerprint density at radius 2 is 2.19 bits per heavy atom. The number of hydrogen-bond donors (Lipinski definition) is 2. The molecule has 94 valence electrons. The zero-order valence-corrected chi connectivity index (χ0v) is 10.6.